The second-order valence-corrected chi connectivity index (χ2v) is 4.55. The molecule has 6 nitrogen and oxygen atoms in total. The van der Waals surface area contributed by atoms with E-state index in [0.717, 1.165) is 26.1 Å². The topological polar surface area (TPSA) is 74.6 Å². The predicted molar refractivity (Wildman–Crippen MR) is 76.8 cm³/mol. The summed E-state index contributed by atoms with van der Waals surface area (Å²) in [4.78, 5) is 24.9. The molecule has 1 heterocycles. The van der Waals surface area contributed by atoms with Crippen molar-refractivity contribution in [3.63, 3.8) is 0 Å². The van der Waals surface area contributed by atoms with E-state index >= 15 is 0 Å². The van der Waals surface area contributed by atoms with Gasteiger partial charge in [0.05, 0.1) is 0 Å². The van der Waals surface area contributed by atoms with E-state index in [1.807, 2.05) is 0 Å². The van der Waals surface area contributed by atoms with Crippen molar-refractivity contribution in [1.82, 2.24) is 14.8 Å². The van der Waals surface area contributed by atoms with E-state index in [-0.39, 0.29) is 12.5 Å². The fraction of sp³-hybridized carbons (Fsp3) is 0.571. The fourth-order valence-electron chi connectivity index (χ4n) is 2.04. The van der Waals surface area contributed by atoms with Gasteiger partial charge in [0.15, 0.2) is 0 Å². The molecule has 0 bridgehead atoms. The van der Waals surface area contributed by atoms with Crippen LogP contribution in [0.25, 0.3) is 0 Å². The minimum Gasteiger partial charge on any atom is -0.480 e. The van der Waals surface area contributed by atoms with Gasteiger partial charge in [-0.15, -0.1) is 0 Å². The number of hydrogen-bond donors (Lipinski definition) is 2. The Morgan fingerprint density at radius 2 is 2.05 bits per heavy atom. The molecule has 6 heteroatoms. The maximum Gasteiger partial charge on any atom is 0.323 e. The number of carboxylic acid groups (broad SMARTS) is 1. The second kappa shape index (κ2) is 8.37. The Hall–Kier alpha value is -1.82. The van der Waals surface area contributed by atoms with Crippen LogP contribution in [-0.4, -0.2) is 52.6 Å². The van der Waals surface area contributed by atoms with E-state index in [1.54, 1.807) is 18.3 Å². The number of carbonyl (C=O) groups is 2. The highest BCUT2D eigenvalue weighted by Gasteiger charge is 2.12. The minimum absolute atomic E-state index is 0.199. The van der Waals surface area contributed by atoms with Crippen molar-refractivity contribution in [3.05, 3.63) is 24.0 Å². The highest BCUT2D eigenvalue weighted by Crippen LogP contribution is 2.02. The van der Waals surface area contributed by atoms with Crippen molar-refractivity contribution in [2.24, 2.45) is 0 Å². The van der Waals surface area contributed by atoms with Gasteiger partial charge in [0.2, 0.25) is 0 Å². The van der Waals surface area contributed by atoms with Crippen LogP contribution in [0, 0.1) is 0 Å². The first-order chi connectivity index (χ1) is 9.58. The van der Waals surface area contributed by atoms with Crippen molar-refractivity contribution in [1.29, 1.82) is 0 Å². The molecule has 1 aromatic rings. The summed E-state index contributed by atoms with van der Waals surface area (Å²) in [5.74, 6) is -1.19. The van der Waals surface area contributed by atoms with Gasteiger partial charge in [-0.2, -0.15) is 0 Å². The molecule has 112 valence electrons. The van der Waals surface area contributed by atoms with Crippen LogP contribution in [-0.2, 0) is 11.3 Å². The van der Waals surface area contributed by atoms with Crippen molar-refractivity contribution in [2.45, 2.75) is 26.8 Å². The number of amides is 1. The second-order valence-electron chi connectivity index (χ2n) is 4.55. The number of nitrogens with zero attached hydrogens (tertiary/aromatic N) is 2. The molecule has 0 saturated heterocycles. The highest BCUT2D eigenvalue weighted by molar-refractivity contribution is 5.93. The van der Waals surface area contributed by atoms with Gasteiger partial charge in [0.1, 0.15) is 12.2 Å². The molecule has 1 amide bonds. The summed E-state index contributed by atoms with van der Waals surface area (Å²) < 4.78 is 1.43. The largest absolute Gasteiger partial charge is 0.480 e. The molecule has 0 aliphatic heterocycles. The van der Waals surface area contributed by atoms with E-state index in [0.29, 0.717) is 12.2 Å². The zero-order chi connectivity index (χ0) is 15.0. The maximum atomic E-state index is 12.0. The Kier molecular flexibility index (Phi) is 6.79. The molecule has 0 spiro atoms. The van der Waals surface area contributed by atoms with Gasteiger partial charge in [-0.1, -0.05) is 13.8 Å². The lowest BCUT2D eigenvalue weighted by atomic mass is 10.3. The Bertz CT molecular complexity index is 439. The van der Waals surface area contributed by atoms with Crippen molar-refractivity contribution < 1.29 is 14.7 Å². The lowest BCUT2D eigenvalue weighted by molar-refractivity contribution is -0.137. The summed E-state index contributed by atoms with van der Waals surface area (Å²) in [5.41, 5.74) is 0.384. The summed E-state index contributed by atoms with van der Waals surface area (Å²) in [6.07, 6.45) is 2.48. The number of hydrogen-bond acceptors (Lipinski definition) is 3. The van der Waals surface area contributed by atoms with Crippen LogP contribution in [0.15, 0.2) is 18.3 Å². The van der Waals surface area contributed by atoms with Crippen LogP contribution in [0.3, 0.4) is 0 Å². The zero-order valence-corrected chi connectivity index (χ0v) is 12.1. The van der Waals surface area contributed by atoms with Crippen molar-refractivity contribution in [2.75, 3.05) is 26.2 Å². The lowest BCUT2D eigenvalue weighted by Gasteiger charge is -2.17. The van der Waals surface area contributed by atoms with Gasteiger partial charge in [0, 0.05) is 12.7 Å². The standard InChI is InChI=1S/C14H23N3O3/c1-3-16(4-2)9-6-8-15-14(20)12-7-5-10-17(12)11-13(18)19/h5,7,10H,3-4,6,8-9,11H2,1-2H3,(H,15,20)(H,18,19). The lowest BCUT2D eigenvalue weighted by Crippen LogP contribution is -2.31. The van der Waals surface area contributed by atoms with Crippen LogP contribution in [0.1, 0.15) is 30.8 Å². The molecule has 1 aromatic heterocycles. The van der Waals surface area contributed by atoms with Crippen LogP contribution in [0.2, 0.25) is 0 Å². The van der Waals surface area contributed by atoms with Crippen molar-refractivity contribution >= 4 is 11.9 Å². The molecule has 20 heavy (non-hydrogen) atoms. The molecule has 0 aromatic carbocycles. The molecule has 0 saturated carbocycles. The van der Waals surface area contributed by atoms with Gasteiger partial charge in [-0.3, -0.25) is 9.59 Å². The SMILES string of the molecule is CCN(CC)CCCNC(=O)c1cccn1CC(=O)O. The summed E-state index contributed by atoms with van der Waals surface area (Å²) >= 11 is 0. The van der Waals surface area contributed by atoms with Crippen LogP contribution < -0.4 is 5.32 Å². The van der Waals surface area contributed by atoms with Gasteiger partial charge in [-0.25, -0.2) is 0 Å². The van der Waals surface area contributed by atoms with Gasteiger partial charge < -0.3 is 19.9 Å². The monoisotopic (exact) mass is 281 g/mol. The molecular formula is C14H23N3O3. The van der Waals surface area contributed by atoms with Gasteiger partial charge in [-0.05, 0) is 38.2 Å². The Morgan fingerprint density at radius 3 is 2.65 bits per heavy atom. The number of carbonyl (C=O) groups excluding carboxylic acids is 1. The summed E-state index contributed by atoms with van der Waals surface area (Å²) in [5, 5.41) is 11.6. The summed E-state index contributed by atoms with van der Waals surface area (Å²) in [7, 11) is 0. The average Bonchev–Trinajstić information content (AvgIpc) is 2.86. The third-order valence-electron chi connectivity index (χ3n) is 3.20. The molecular weight excluding hydrogens is 258 g/mol. The molecule has 0 radical (unpaired) electrons. The first kappa shape index (κ1) is 16.2. The van der Waals surface area contributed by atoms with E-state index < -0.39 is 5.97 Å². The number of rotatable bonds is 9. The Morgan fingerprint density at radius 1 is 1.35 bits per heavy atom. The smallest absolute Gasteiger partial charge is 0.323 e. The van der Waals surface area contributed by atoms with Gasteiger partial charge in [0.25, 0.3) is 5.91 Å². The molecule has 0 fully saturated rings. The van der Waals surface area contributed by atoms with Gasteiger partial charge >= 0.3 is 5.97 Å². The Balaban J connectivity index is 2.40. The van der Waals surface area contributed by atoms with E-state index in [4.69, 9.17) is 5.11 Å². The highest BCUT2D eigenvalue weighted by atomic mass is 16.4. The normalized spacial score (nSPS) is 10.8. The molecule has 1 rings (SSSR count). The summed E-state index contributed by atoms with van der Waals surface area (Å²) in [6.45, 7) is 7.58. The van der Waals surface area contributed by atoms with E-state index in [1.165, 1.54) is 4.57 Å². The van der Waals surface area contributed by atoms with Crippen LogP contribution in [0.4, 0.5) is 0 Å². The first-order valence-corrected chi connectivity index (χ1v) is 6.96. The third kappa shape index (κ3) is 5.05. The Labute approximate surface area is 119 Å². The zero-order valence-electron chi connectivity index (χ0n) is 12.1. The average molecular weight is 281 g/mol. The van der Waals surface area contributed by atoms with E-state index in [2.05, 4.69) is 24.1 Å². The fourth-order valence-corrected chi connectivity index (χ4v) is 2.04. The van der Waals surface area contributed by atoms with Crippen LogP contribution >= 0.6 is 0 Å². The predicted octanol–water partition coefficient (Wildman–Crippen LogP) is 1.03. The third-order valence-corrected chi connectivity index (χ3v) is 3.20. The van der Waals surface area contributed by atoms with E-state index in [9.17, 15) is 9.59 Å². The molecule has 0 aliphatic carbocycles. The minimum atomic E-state index is -0.961. The molecule has 0 atom stereocenters. The number of nitrogens with one attached hydrogen (secondary N) is 1. The first-order valence-electron chi connectivity index (χ1n) is 6.96. The summed E-state index contributed by atoms with van der Waals surface area (Å²) in [6, 6.07) is 3.30. The maximum absolute atomic E-state index is 12.0. The number of aromatic nitrogens is 1. The number of carboxylic acids is 1. The van der Waals surface area contributed by atoms with Crippen molar-refractivity contribution in [3.8, 4) is 0 Å². The molecule has 2 N–H and O–H groups in total. The number of aliphatic carboxylic acids is 1. The molecule has 0 unspecified atom stereocenters. The van der Waals surface area contributed by atoms with Crippen LogP contribution in [0.5, 0.6) is 0 Å². The quantitative estimate of drug-likeness (QED) is 0.663. The molecule has 0 aliphatic rings.